The number of amides is 1. The molecule has 1 amide bonds. The van der Waals surface area contributed by atoms with Crippen LogP contribution >= 0.6 is 0 Å². The fourth-order valence-electron chi connectivity index (χ4n) is 4.43. The Hall–Kier alpha value is -2.21. The Bertz CT molecular complexity index is 859. The predicted molar refractivity (Wildman–Crippen MR) is 110 cm³/mol. The Morgan fingerprint density at radius 1 is 1.47 bits per heavy atom. The molecule has 0 bridgehead atoms. The molecule has 4 rings (SSSR count). The molecule has 10 nitrogen and oxygen atoms in total. The van der Waals surface area contributed by atoms with Gasteiger partial charge in [0.15, 0.2) is 12.3 Å². The number of nitrogens with two attached hydrogens (primary N) is 2. The second-order valence-electron chi connectivity index (χ2n) is 8.30. The highest BCUT2D eigenvalue weighted by molar-refractivity contribution is 5.95. The van der Waals surface area contributed by atoms with Crippen LogP contribution in [0.25, 0.3) is 0 Å². The van der Waals surface area contributed by atoms with Gasteiger partial charge in [0.2, 0.25) is 0 Å². The number of aliphatic hydroxyl groups is 2. The third-order valence-corrected chi connectivity index (χ3v) is 6.12. The number of ether oxygens (including phenoxy) is 1. The average Bonchev–Trinajstić information content (AvgIpc) is 3.25. The molecule has 1 aromatic carbocycles. The van der Waals surface area contributed by atoms with E-state index >= 15 is 0 Å². The van der Waals surface area contributed by atoms with Crippen LogP contribution in [0, 0.1) is 0 Å². The van der Waals surface area contributed by atoms with Crippen molar-refractivity contribution < 1.29 is 19.7 Å². The first-order valence-electron chi connectivity index (χ1n) is 10.1. The van der Waals surface area contributed by atoms with Gasteiger partial charge in [-0.15, -0.1) is 0 Å². The van der Waals surface area contributed by atoms with E-state index in [1.165, 1.54) is 6.92 Å². The SMILES string of the molecule is CN1CNC(N)C2=C1N([C@@H]1O[C@H](C(=O)Nc3cccc(CN)c3)[C@@](C)(O)[C@H]1O)CC2. The molecule has 1 saturated heterocycles. The van der Waals surface area contributed by atoms with Crippen LogP contribution in [-0.4, -0.2) is 76.4 Å². The normalized spacial score (nSPS) is 33.8. The summed E-state index contributed by atoms with van der Waals surface area (Å²) in [6, 6.07) is 7.14. The lowest BCUT2D eigenvalue weighted by Gasteiger charge is -2.39. The van der Waals surface area contributed by atoms with Crippen molar-refractivity contribution in [2.75, 3.05) is 25.6 Å². The monoisotopic (exact) mass is 418 g/mol. The van der Waals surface area contributed by atoms with Crippen molar-refractivity contribution in [1.82, 2.24) is 15.1 Å². The summed E-state index contributed by atoms with van der Waals surface area (Å²) in [5.41, 5.74) is 12.5. The maximum Gasteiger partial charge on any atom is 0.256 e. The zero-order valence-corrected chi connectivity index (χ0v) is 17.2. The zero-order chi connectivity index (χ0) is 21.6. The Morgan fingerprint density at radius 3 is 2.97 bits per heavy atom. The molecule has 8 N–H and O–H groups in total. The fraction of sp³-hybridized carbons (Fsp3) is 0.550. The Kier molecular flexibility index (Phi) is 5.47. The number of nitrogens with zero attached hydrogens (tertiary/aromatic N) is 2. The summed E-state index contributed by atoms with van der Waals surface area (Å²) in [6.45, 7) is 2.90. The Balaban J connectivity index is 1.55. The lowest BCUT2D eigenvalue weighted by atomic mass is 9.93. The highest BCUT2D eigenvalue weighted by Crippen LogP contribution is 2.39. The number of aliphatic hydroxyl groups excluding tert-OH is 1. The minimum Gasteiger partial charge on any atom is -0.385 e. The van der Waals surface area contributed by atoms with Gasteiger partial charge in [-0.1, -0.05) is 12.1 Å². The van der Waals surface area contributed by atoms with Crippen LogP contribution in [0.2, 0.25) is 0 Å². The van der Waals surface area contributed by atoms with E-state index in [-0.39, 0.29) is 6.17 Å². The first-order chi connectivity index (χ1) is 14.2. The van der Waals surface area contributed by atoms with E-state index in [1.807, 2.05) is 22.9 Å². The summed E-state index contributed by atoms with van der Waals surface area (Å²) in [7, 11) is 1.92. The minimum atomic E-state index is -1.77. The number of carbonyl (C=O) groups is 1. The molecule has 3 aliphatic rings. The van der Waals surface area contributed by atoms with Crippen LogP contribution in [0.15, 0.2) is 35.7 Å². The molecule has 30 heavy (non-hydrogen) atoms. The number of rotatable bonds is 4. The van der Waals surface area contributed by atoms with Crippen molar-refractivity contribution in [1.29, 1.82) is 0 Å². The zero-order valence-electron chi connectivity index (χ0n) is 17.2. The van der Waals surface area contributed by atoms with Gasteiger partial charge >= 0.3 is 0 Å². The number of benzene rings is 1. The lowest BCUT2D eigenvalue weighted by Crippen LogP contribution is -2.54. The van der Waals surface area contributed by atoms with Crippen molar-refractivity contribution in [2.45, 2.75) is 50.1 Å². The molecule has 0 radical (unpaired) electrons. The van der Waals surface area contributed by atoms with Crippen LogP contribution in [0.3, 0.4) is 0 Å². The molecule has 1 fully saturated rings. The topological polar surface area (TPSA) is 149 Å². The average molecular weight is 418 g/mol. The molecule has 0 aliphatic carbocycles. The number of anilines is 1. The molecule has 1 aromatic rings. The van der Waals surface area contributed by atoms with E-state index in [2.05, 4.69) is 10.6 Å². The van der Waals surface area contributed by atoms with Crippen molar-refractivity contribution in [3.05, 3.63) is 41.2 Å². The number of hydrogen-bond acceptors (Lipinski definition) is 9. The Morgan fingerprint density at radius 2 is 2.23 bits per heavy atom. The van der Waals surface area contributed by atoms with Crippen molar-refractivity contribution >= 4 is 11.6 Å². The maximum atomic E-state index is 12.9. The summed E-state index contributed by atoms with van der Waals surface area (Å²) >= 11 is 0. The summed E-state index contributed by atoms with van der Waals surface area (Å²) in [6.07, 6.45) is -2.95. The lowest BCUT2D eigenvalue weighted by molar-refractivity contribution is -0.139. The number of nitrogens with one attached hydrogen (secondary N) is 2. The predicted octanol–water partition coefficient (Wildman–Crippen LogP) is -1.38. The molecule has 1 unspecified atom stereocenters. The molecule has 10 heteroatoms. The smallest absolute Gasteiger partial charge is 0.256 e. The van der Waals surface area contributed by atoms with Gasteiger partial charge in [0, 0.05) is 31.4 Å². The van der Waals surface area contributed by atoms with Gasteiger partial charge in [-0.2, -0.15) is 0 Å². The van der Waals surface area contributed by atoms with Gasteiger partial charge in [-0.3, -0.25) is 10.1 Å². The summed E-state index contributed by atoms with van der Waals surface area (Å²) in [5.74, 6) is 0.345. The summed E-state index contributed by atoms with van der Waals surface area (Å²) < 4.78 is 5.96. The minimum absolute atomic E-state index is 0.269. The molecule has 164 valence electrons. The standard InChI is InChI=1S/C20H30N6O4/c1-20(29)14(27)19(26-7-6-13-16(22)23-10-25(2)18(13)26)30-15(20)17(28)24-12-5-3-4-11(8-12)9-21/h3-5,8,14-16,19,23,27,29H,6-7,9-10,21-22H2,1-2H3,(H,24,28)/t14-,15+,16?,19+,20-/m0/s1. The first-order valence-corrected chi connectivity index (χ1v) is 10.1. The molecule has 3 heterocycles. The Labute approximate surface area is 175 Å². The number of hydrogen-bond donors (Lipinski definition) is 6. The van der Waals surface area contributed by atoms with E-state index in [0.717, 1.165) is 17.0 Å². The van der Waals surface area contributed by atoms with Crippen LogP contribution in [-0.2, 0) is 16.1 Å². The van der Waals surface area contributed by atoms with E-state index < -0.39 is 29.9 Å². The van der Waals surface area contributed by atoms with Crippen LogP contribution in [0.1, 0.15) is 18.9 Å². The summed E-state index contributed by atoms with van der Waals surface area (Å²) in [4.78, 5) is 16.8. The van der Waals surface area contributed by atoms with E-state index in [1.54, 1.807) is 18.2 Å². The van der Waals surface area contributed by atoms with Crippen molar-refractivity contribution in [3.8, 4) is 0 Å². The third kappa shape index (κ3) is 3.45. The van der Waals surface area contributed by atoms with Crippen molar-refractivity contribution in [2.24, 2.45) is 11.5 Å². The summed E-state index contributed by atoms with van der Waals surface area (Å²) in [5, 5.41) is 27.8. The van der Waals surface area contributed by atoms with Crippen molar-refractivity contribution in [3.63, 3.8) is 0 Å². The first kappa shape index (κ1) is 21.0. The third-order valence-electron chi connectivity index (χ3n) is 6.12. The van der Waals surface area contributed by atoms with Crippen LogP contribution in [0.5, 0.6) is 0 Å². The van der Waals surface area contributed by atoms with Gasteiger partial charge < -0.3 is 41.5 Å². The van der Waals surface area contributed by atoms with Crippen LogP contribution < -0.4 is 22.1 Å². The molecular formula is C20H30N6O4. The van der Waals surface area contributed by atoms with Gasteiger partial charge in [0.25, 0.3) is 5.91 Å². The van der Waals surface area contributed by atoms with Crippen LogP contribution in [0.4, 0.5) is 5.69 Å². The maximum absolute atomic E-state index is 12.9. The molecule has 0 spiro atoms. The fourth-order valence-corrected chi connectivity index (χ4v) is 4.43. The van der Waals surface area contributed by atoms with E-state index in [0.29, 0.717) is 31.9 Å². The quantitative estimate of drug-likeness (QED) is 0.348. The van der Waals surface area contributed by atoms with Gasteiger partial charge in [0.1, 0.15) is 17.5 Å². The second kappa shape index (κ2) is 7.80. The molecule has 0 aromatic heterocycles. The molecule has 0 saturated carbocycles. The molecular weight excluding hydrogens is 388 g/mol. The second-order valence-corrected chi connectivity index (χ2v) is 8.30. The highest BCUT2D eigenvalue weighted by Gasteiger charge is 2.58. The number of carbonyl (C=O) groups excluding carboxylic acids is 1. The van der Waals surface area contributed by atoms with E-state index in [9.17, 15) is 15.0 Å². The van der Waals surface area contributed by atoms with E-state index in [4.69, 9.17) is 16.2 Å². The molecule has 3 aliphatic heterocycles. The molecule has 5 atom stereocenters. The highest BCUT2D eigenvalue weighted by atomic mass is 16.6. The van der Waals surface area contributed by atoms with Gasteiger partial charge in [-0.05, 0) is 31.0 Å². The largest absolute Gasteiger partial charge is 0.385 e. The van der Waals surface area contributed by atoms with Gasteiger partial charge in [-0.25, -0.2) is 0 Å². The van der Waals surface area contributed by atoms with Gasteiger partial charge in [0.05, 0.1) is 12.8 Å².